The molecule has 2 aromatic rings. The lowest BCUT2D eigenvalue weighted by atomic mass is 9.95. The van der Waals surface area contributed by atoms with E-state index in [1.54, 1.807) is 6.33 Å². The van der Waals surface area contributed by atoms with Crippen LogP contribution < -0.4 is 15.4 Å². The smallest absolute Gasteiger partial charge is 0.192 e. The second-order valence-electron chi connectivity index (χ2n) is 7.88. The molecule has 8 heteroatoms. The molecule has 1 atom stereocenters. The van der Waals surface area contributed by atoms with Gasteiger partial charge in [-0.2, -0.15) is 0 Å². The van der Waals surface area contributed by atoms with Crippen LogP contribution in [0.2, 0.25) is 0 Å². The number of nitrogens with one attached hydrogen (secondary N) is 2. The summed E-state index contributed by atoms with van der Waals surface area (Å²) < 4.78 is 7.91. The highest BCUT2D eigenvalue weighted by atomic mass is 127. The van der Waals surface area contributed by atoms with Crippen molar-refractivity contribution in [3.8, 4) is 5.75 Å². The highest BCUT2D eigenvalue weighted by Crippen LogP contribution is 2.31. The summed E-state index contributed by atoms with van der Waals surface area (Å²) in [6.07, 6.45) is 10.00. The van der Waals surface area contributed by atoms with Crippen LogP contribution in [0.3, 0.4) is 0 Å². The predicted octanol–water partition coefficient (Wildman–Crippen LogP) is 3.85. The maximum atomic E-state index is 5.82. The van der Waals surface area contributed by atoms with Crippen LogP contribution >= 0.6 is 24.0 Å². The molecule has 0 saturated heterocycles. The number of guanidine groups is 1. The fourth-order valence-corrected chi connectivity index (χ4v) is 4.24. The summed E-state index contributed by atoms with van der Waals surface area (Å²) >= 11 is 0. The largest absolute Gasteiger partial charge is 0.493 e. The van der Waals surface area contributed by atoms with Crippen molar-refractivity contribution in [2.75, 3.05) is 13.2 Å². The molecule has 2 heterocycles. The van der Waals surface area contributed by atoms with Gasteiger partial charge >= 0.3 is 0 Å². The number of rotatable bonds is 6. The second-order valence-corrected chi connectivity index (χ2v) is 7.88. The Morgan fingerprint density at radius 1 is 1.17 bits per heavy atom. The summed E-state index contributed by atoms with van der Waals surface area (Å²) in [6.45, 7) is 4.31. The minimum atomic E-state index is 0. The van der Waals surface area contributed by atoms with Gasteiger partial charge in [-0.1, -0.05) is 44.4 Å². The molecule has 1 fully saturated rings. The Hall–Kier alpha value is -1.84. The third-order valence-corrected chi connectivity index (χ3v) is 5.84. The van der Waals surface area contributed by atoms with Crippen molar-refractivity contribution < 1.29 is 4.74 Å². The number of nitrogens with zero attached hydrogens (tertiary/aromatic N) is 4. The maximum Gasteiger partial charge on any atom is 0.192 e. The van der Waals surface area contributed by atoms with Crippen molar-refractivity contribution in [3.63, 3.8) is 0 Å². The van der Waals surface area contributed by atoms with Crippen LogP contribution in [0.15, 0.2) is 35.6 Å². The Balaban J connectivity index is 0.00000256. The normalized spacial score (nSPS) is 19.4. The number of aromatic nitrogens is 3. The van der Waals surface area contributed by atoms with Gasteiger partial charge in [0.25, 0.3) is 0 Å². The maximum absolute atomic E-state index is 5.82. The van der Waals surface area contributed by atoms with Crippen molar-refractivity contribution in [1.82, 2.24) is 25.4 Å². The van der Waals surface area contributed by atoms with E-state index in [1.165, 1.54) is 37.7 Å². The topological polar surface area (TPSA) is 76.4 Å². The van der Waals surface area contributed by atoms with Gasteiger partial charge in [0.15, 0.2) is 5.96 Å². The number of para-hydroxylation sites is 1. The number of ether oxygens (including phenoxy) is 1. The first-order valence-electron chi connectivity index (χ1n) is 11.0. The van der Waals surface area contributed by atoms with Crippen LogP contribution in [0, 0.1) is 0 Å². The molecule has 7 nitrogen and oxygen atoms in total. The van der Waals surface area contributed by atoms with Crippen LogP contribution in [-0.2, 0) is 13.0 Å². The first-order chi connectivity index (χ1) is 14.3. The number of benzene rings is 1. The molecule has 1 aromatic carbocycles. The zero-order chi connectivity index (χ0) is 19.9. The predicted molar refractivity (Wildman–Crippen MR) is 130 cm³/mol. The Morgan fingerprint density at radius 3 is 2.83 bits per heavy atom. The zero-order valence-corrected chi connectivity index (χ0v) is 20.0. The summed E-state index contributed by atoms with van der Waals surface area (Å²) in [6, 6.07) is 9.02. The van der Waals surface area contributed by atoms with E-state index in [0.717, 1.165) is 43.5 Å². The van der Waals surface area contributed by atoms with E-state index in [1.807, 2.05) is 12.1 Å². The minimum Gasteiger partial charge on any atom is -0.493 e. The Labute approximate surface area is 196 Å². The van der Waals surface area contributed by atoms with Crippen molar-refractivity contribution in [3.05, 3.63) is 42.0 Å². The van der Waals surface area contributed by atoms with Crippen LogP contribution in [-0.4, -0.2) is 39.9 Å². The number of aliphatic imine (C=N–C) groups is 1. The fourth-order valence-electron chi connectivity index (χ4n) is 4.24. The average Bonchev–Trinajstić information content (AvgIpc) is 3.22. The first-order valence-corrected chi connectivity index (χ1v) is 11.0. The van der Waals surface area contributed by atoms with Gasteiger partial charge in [-0.25, -0.2) is 0 Å². The summed E-state index contributed by atoms with van der Waals surface area (Å²) in [5, 5.41) is 15.6. The Bertz CT molecular complexity index is 817. The van der Waals surface area contributed by atoms with E-state index >= 15 is 0 Å². The number of fused-ring (bicyclic) bond motifs is 1. The van der Waals surface area contributed by atoms with Crippen molar-refractivity contribution in [2.45, 2.75) is 70.5 Å². The number of hydrogen-bond acceptors (Lipinski definition) is 4. The molecule has 164 valence electrons. The van der Waals surface area contributed by atoms with E-state index in [-0.39, 0.29) is 30.0 Å². The van der Waals surface area contributed by atoms with Crippen LogP contribution in [0.25, 0.3) is 0 Å². The van der Waals surface area contributed by atoms with E-state index in [2.05, 4.69) is 44.5 Å². The second kappa shape index (κ2) is 11.5. The molecule has 1 aliphatic heterocycles. The van der Waals surface area contributed by atoms with Crippen LogP contribution in [0.4, 0.5) is 0 Å². The Morgan fingerprint density at radius 2 is 2.00 bits per heavy atom. The highest BCUT2D eigenvalue weighted by Gasteiger charge is 2.23. The van der Waals surface area contributed by atoms with Gasteiger partial charge in [-0.3, -0.25) is 4.99 Å². The van der Waals surface area contributed by atoms with Crippen LogP contribution in [0.5, 0.6) is 5.75 Å². The molecule has 2 N–H and O–H groups in total. The third-order valence-electron chi connectivity index (χ3n) is 5.84. The fraction of sp³-hybridized carbons (Fsp3) is 0.591. The lowest BCUT2D eigenvalue weighted by Crippen LogP contribution is -2.46. The van der Waals surface area contributed by atoms with Crippen molar-refractivity contribution >= 4 is 29.9 Å². The molecule has 1 unspecified atom stereocenters. The molecule has 1 aliphatic carbocycles. The van der Waals surface area contributed by atoms with Gasteiger partial charge in [0.2, 0.25) is 0 Å². The quantitative estimate of drug-likeness (QED) is 0.341. The molecule has 0 radical (unpaired) electrons. The molecular weight excluding hydrogens is 491 g/mol. The molecular formula is C22H33IN6O. The van der Waals surface area contributed by atoms with E-state index in [4.69, 9.17) is 9.73 Å². The minimum absolute atomic E-state index is 0. The van der Waals surface area contributed by atoms with E-state index in [9.17, 15) is 0 Å². The lowest BCUT2D eigenvalue weighted by Gasteiger charge is -2.30. The molecule has 1 saturated carbocycles. The number of aryl methyl sites for hydroxylation is 1. The third kappa shape index (κ3) is 5.86. The van der Waals surface area contributed by atoms with E-state index < -0.39 is 0 Å². The SMILES string of the molecule is CCc1nncn1CCN=C(NC1CCCCC1)NC1CCOc2ccccc21.I. The molecule has 0 amide bonds. The molecule has 0 spiro atoms. The summed E-state index contributed by atoms with van der Waals surface area (Å²) in [5.41, 5.74) is 1.21. The molecule has 1 aromatic heterocycles. The van der Waals surface area contributed by atoms with Gasteiger partial charge < -0.3 is 19.9 Å². The summed E-state index contributed by atoms with van der Waals surface area (Å²) in [7, 11) is 0. The zero-order valence-electron chi connectivity index (χ0n) is 17.7. The van der Waals surface area contributed by atoms with Gasteiger partial charge in [-0.05, 0) is 18.9 Å². The average molecular weight is 524 g/mol. The molecule has 30 heavy (non-hydrogen) atoms. The van der Waals surface area contributed by atoms with Gasteiger partial charge in [-0.15, -0.1) is 34.2 Å². The lowest BCUT2D eigenvalue weighted by molar-refractivity contribution is 0.261. The molecule has 0 bridgehead atoms. The van der Waals surface area contributed by atoms with Crippen molar-refractivity contribution in [2.24, 2.45) is 4.99 Å². The summed E-state index contributed by atoms with van der Waals surface area (Å²) in [4.78, 5) is 4.91. The molecule has 2 aliphatic rings. The Kier molecular flexibility index (Phi) is 8.77. The molecule has 4 rings (SSSR count). The standard InChI is InChI=1S/C22H32N6O.HI/c1-2-21-27-24-16-28(21)14-13-23-22(25-17-8-4-3-5-9-17)26-19-12-15-29-20-11-7-6-10-18(19)20;/h6-7,10-11,16-17,19H,2-5,8-9,12-15H2,1H3,(H2,23,25,26);1H. The van der Waals surface area contributed by atoms with Crippen molar-refractivity contribution in [1.29, 1.82) is 0 Å². The van der Waals surface area contributed by atoms with Crippen LogP contribution in [0.1, 0.15) is 62.9 Å². The van der Waals surface area contributed by atoms with Gasteiger partial charge in [0, 0.05) is 31.0 Å². The number of hydrogen-bond donors (Lipinski definition) is 2. The van der Waals surface area contributed by atoms with Gasteiger partial charge in [0.1, 0.15) is 17.9 Å². The highest BCUT2D eigenvalue weighted by molar-refractivity contribution is 14.0. The van der Waals surface area contributed by atoms with E-state index in [0.29, 0.717) is 12.6 Å². The summed E-state index contributed by atoms with van der Waals surface area (Å²) in [5.74, 6) is 2.89. The first kappa shape index (κ1) is 22.8. The van der Waals surface area contributed by atoms with Gasteiger partial charge in [0.05, 0.1) is 19.2 Å². The monoisotopic (exact) mass is 524 g/mol. The number of halogens is 1.